The molecule has 0 bridgehead atoms. The largest absolute Gasteiger partial charge is 0.493 e. The molecule has 4 aromatic rings. The van der Waals surface area contributed by atoms with Crippen LogP contribution in [0.2, 0.25) is 0 Å². The summed E-state index contributed by atoms with van der Waals surface area (Å²) < 4.78 is 18.0. The average Bonchev–Trinajstić information content (AvgIpc) is 2.87. The molecule has 0 atom stereocenters. The third-order valence-electron chi connectivity index (χ3n) is 6.60. The van der Waals surface area contributed by atoms with Crippen LogP contribution >= 0.6 is 0 Å². The van der Waals surface area contributed by atoms with Crippen molar-refractivity contribution in [2.45, 2.75) is 26.2 Å². The van der Waals surface area contributed by atoms with Crippen molar-refractivity contribution in [2.75, 3.05) is 33.9 Å². The molecule has 0 spiro atoms. The van der Waals surface area contributed by atoms with Gasteiger partial charge in [0.1, 0.15) is 12.1 Å². The van der Waals surface area contributed by atoms with Gasteiger partial charge in [0.25, 0.3) is 0 Å². The number of ether oxygens (including phenoxy) is 3. The molecule has 0 radical (unpaired) electrons. The molecule has 176 valence electrons. The first-order valence-corrected chi connectivity index (χ1v) is 11.8. The highest BCUT2D eigenvalue weighted by Gasteiger charge is 2.19. The van der Waals surface area contributed by atoms with Crippen molar-refractivity contribution < 1.29 is 14.2 Å². The van der Waals surface area contributed by atoms with Crippen LogP contribution in [0.5, 0.6) is 23.1 Å². The Balaban J connectivity index is 1.41. The van der Waals surface area contributed by atoms with E-state index in [1.54, 1.807) is 7.11 Å². The molecule has 1 aliphatic rings. The SMILES string of the molecule is CCc1ccnc2cc(Oc3ncnc4cc(OCC5CCN(C)CC5)c(OC)cc34)ccc12. The zero-order valence-corrected chi connectivity index (χ0v) is 20.0. The fourth-order valence-corrected chi connectivity index (χ4v) is 4.50. The molecule has 0 N–H and O–H groups in total. The van der Waals surface area contributed by atoms with Gasteiger partial charge in [-0.25, -0.2) is 9.97 Å². The van der Waals surface area contributed by atoms with Crippen LogP contribution in [0.4, 0.5) is 0 Å². The number of aryl methyl sites for hydroxylation is 1. The first-order chi connectivity index (χ1) is 16.6. The highest BCUT2D eigenvalue weighted by molar-refractivity contribution is 5.87. The van der Waals surface area contributed by atoms with E-state index < -0.39 is 0 Å². The number of nitrogens with zero attached hydrogens (tertiary/aromatic N) is 4. The molecular formula is C27H30N4O3. The van der Waals surface area contributed by atoms with Crippen molar-refractivity contribution in [2.24, 2.45) is 5.92 Å². The monoisotopic (exact) mass is 458 g/mol. The second-order valence-corrected chi connectivity index (χ2v) is 8.86. The number of aromatic nitrogens is 3. The van der Waals surface area contributed by atoms with Gasteiger partial charge in [0, 0.05) is 23.7 Å². The van der Waals surface area contributed by atoms with E-state index in [4.69, 9.17) is 14.2 Å². The van der Waals surface area contributed by atoms with Crippen LogP contribution in [-0.2, 0) is 6.42 Å². The molecule has 0 unspecified atom stereocenters. The number of hydrogen-bond donors (Lipinski definition) is 0. The van der Waals surface area contributed by atoms with Crippen LogP contribution in [0.3, 0.4) is 0 Å². The molecule has 2 aromatic heterocycles. The van der Waals surface area contributed by atoms with Crippen molar-refractivity contribution >= 4 is 21.8 Å². The maximum atomic E-state index is 6.19. The Hall–Kier alpha value is -3.45. The van der Waals surface area contributed by atoms with Gasteiger partial charge in [0.2, 0.25) is 5.88 Å². The Morgan fingerprint density at radius 1 is 0.941 bits per heavy atom. The minimum atomic E-state index is 0.469. The Labute approximate surface area is 199 Å². The van der Waals surface area contributed by atoms with E-state index in [-0.39, 0.29) is 0 Å². The van der Waals surface area contributed by atoms with E-state index in [1.807, 2.05) is 30.5 Å². The molecule has 7 nitrogen and oxygen atoms in total. The first kappa shape index (κ1) is 22.3. The van der Waals surface area contributed by atoms with Gasteiger partial charge < -0.3 is 19.1 Å². The number of methoxy groups -OCH3 is 1. The predicted molar refractivity (Wildman–Crippen MR) is 133 cm³/mol. The summed E-state index contributed by atoms with van der Waals surface area (Å²) in [5.74, 6) is 3.04. The quantitative estimate of drug-likeness (QED) is 0.374. The summed E-state index contributed by atoms with van der Waals surface area (Å²) >= 11 is 0. The minimum absolute atomic E-state index is 0.469. The van der Waals surface area contributed by atoms with E-state index in [2.05, 4.69) is 46.0 Å². The maximum absolute atomic E-state index is 6.19. The topological polar surface area (TPSA) is 69.6 Å². The third-order valence-corrected chi connectivity index (χ3v) is 6.60. The van der Waals surface area contributed by atoms with Gasteiger partial charge in [-0.3, -0.25) is 4.98 Å². The zero-order valence-electron chi connectivity index (χ0n) is 20.0. The number of benzene rings is 2. The molecular weight excluding hydrogens is 428 g/mol. The number of rotatable bonds is 7. The molecule has 0 aliphatic carbocycles. The van der Waals surface area contributed by atoms with Crippen molar-refractivity contribution in [1.29, 1.82) is 0 Å². The highest BCUT2D eigenvalue weighted by Crippen LogP contribution is 2.37. The molecule has 1 fully saturated rings. The third kappa shape index (κ3) is 4.61. The van der Waals surface area contributed by atoms with Crippen LogP contribution < -0.4 is 14.2 Å². The second-order valence-electron chi connectivity index (χ2n) is 8.86. The van der Waals surface area contributed by atoms with Crippen molar-refractivity contribution in [3.8, 4) is 23.1 Å². The Morgan fingerprint density at radius 2 is 1.76 bits per heavy atom. The molecule has 5 rings (SSSR count). The molecule has 0 amide bonds. The van der Waals surface area contributed by atoms with Gasteiger partial charge in [0.15, 0.2) is 11.5 Å². The van der Waals surface area contributed by atoms with E-state index in [0.29, 0.717) is 35.7 Å². The lowest BCUT2D eigenvalue weighted by molar-refractivity contribution is 0.157. The van der Waals surface area contributed by atoms with E-state index in [1.165, 1.54) is 11.9 Å². The predicted octanol–water partition coefficient (Wildman–Crippen LogP) is 5.26. The lowest BCUT2D eigenvalue weighted by atomic mass is 9.98. The van der Waals surface area contributed by atoms with Gasteiger partial charge in [-0.05, 0) is 75.1 Å². The lowest BCUT2D eigenvalue weighted by Crippen LogP contribution is -2.32. The van der Waals surface area contributed by atoms with E-state index in [0.717, 1.165) is 54.2 Å². The first-order valence-electron chi connectivity index (χ1n) is 11.8. The molecule has 7 heteroatoms. The van der Waals surface area contributed by atoms with Crippen LogP contribution in [0.1, 0.15) is 25.3 Å². The number of pyridine rings is 1. The van der Waals surface area contributed by atoms with Gasteiger partial charge in [-0.1, -0.05) is 6.92 Å². The van der Waals surface area contributed by atoms with Crippen molar-refractivity contribution in [1.82, 2.24) is 19.9 Å². The fourth-order valence-electron chi connectivity index (χ4n) is 4.50. The van der Waals surface area contributed by atoms with Gasteiger partial charge in [0.05, 0.1) is 30.1 Å². The van der Waals surface area contributed by atoms with Gasteiger partial charge >= 0.3 is 0 Å². The molecule has 0 saturated carbocycles. The molecule has 3 heterocycles. The van der Waals surface area contributed by atoms with Crippen LogP contribution in [0, 0.1) is 5.92 Å². The molecule has 34 heavy (non-hydrogen) atoms. The Morgan fingerprint density at radius 3 is 2.56 bits per heavy atom. The minimum Gasteiger partial charge on any atom is -0.493 e. The highest BCUT2D eigenvalue weighted by atomic mass is 16.5. The number of likely N-dealkylation sites (tertiary alicyclic amines) is 1. The number of piperidine rings is 1. The summed E-state index contributed by atoms with van der Waals surface area (Å²) in [5, 5.41) is 1.90. The number of fused-ring (bicyclic) bond motifs is 2. The summed E-state index contributed by atoms with van der Waals surface area (Å²) in [6.07, 6.45) is 6.60. The summed E-state index contributed by atoms with van der Waals surface area (Å²) in [6.45, 7) is 5.04. The Kier molecular flexibility index (Phi) is 6.45. The van der Waals surface area contributed by atoms with Crippen LogP contribution in [0.15, 0.2) is 48.9 Å². The fraction of sp³-hybridized carbons (Fsp3) is 0.370. The Bertz CT molecular complexity index is 1300. The van der Waals surface area contributed by atoms with Gasteiger partial charge in [-0.2, -0.15) is 0 Å². The van der Waals surface area contributed by atoms with Crippen molar-refractivity contribution in [3.63, 3.8) is 0 Å². The van der Waals surface area contributed by atoms with E-state index >= 15 is 0 Å². The summed E-state index contributed by atoms with van der Waals surface area (Å²) in [4.78, 5) is 15.7. The second kappa shape index (κ2) is 9.81. The van der Waals surface area contributed by atoms with Crippen LogP contribution in [0.25, 0.3) is 21.8 Å². The van der Waals surface area contributed by atoms with E-state index in [9.17, 15) is 0 Å². The molecule has 1 saturated heterocycles. The smallest absolute Gasteiger partial charge is 0.230 e. The lowest BCUT2D eigenvalue weighted by Gasteiger charge is -2.28. The van der Waals surface area contributed by atoms with Crippen LogP contribution in [-0.4, -0.2) is 53.7 Å². The summed E-state index contributed by atoms with van der Waals surface area (Å²) in [6, 6.07) is 11.8. The maximum Gasteiger partial charge on any atom is 0.230 e. The summed E-state index contributed by atoms with van der Waals surface area (Å²) in [7, 11) is 3.81. The van der Waals surface area contributed by atoms with Gasteiger partial charge in [-0.15, -0.1) is 0 Å². The normalized spacial score (nSPS) is 15.0. The molecule has 1 aliphatic heterocycles. The van der Waals surface area contributed by atoms with Crippen molar-refractivity contribution in [3.05, 3.63) is 54.5 Å². The zero-order chi connectivity index (χ0) is 23.5. The standard InChI is InChI=1S/C27H30N4O3/c1-4-19-7-10-28-23-13-20(5-6-21(19)23)34-27-22-14-25(32-3)26(15-24(22)29-17-30-27)33-16-18-8-11-31(2)12-9-18/h5-7,10,13-15,17-18H,4,8-9,11-12,16H2,1-3H3. The summed E-state index contributed by atoms with van der Waals surface area (Å²) in [5.41, 5.74) is 2.91. The molecule has 2 aromatic carbocycles. The average molecular weight is 459 g/mol. The number of hydrogen-bond acceptors (Lipinski definition) is 7.